The molecule has 6 nitrogen and oxygen atoms in total. The Balaban J connectivity index is 2.15. The standard InChI is InChI=1S/C15H23N3O3/c1-8-4-9-11(6-15(2,3)7-12(9)21-8)18-14(20)10(16)5-13(17)19/h4,10-11H,5-7,16H2,1-3H3,(H2,17,19)(H,18,20). The van der Waals surface area contributed by atoms with Gasteiger partial charge in [0.15, 0.2) is 0 Å². The normalized spacial score (nSPS) is 21.4. The zero-order valence-electron chi connectivity index (χ0n) is 12.7. The van der Waals surface area contributed by atoms with Crippen LogP contribution in [0.5, 0.6) is 0 Å². The van der Waals surface area contributed by atoms with Gasteiger partial charge in [0.05, 0.1) is 18.5 Å². The Labute approximate surface area is 124 Å². The van der Waals surface area contributed by atoms with E-state index < -0.39 is 11.9 Å². The average Bonchev–Trinajstić information content (AvgIpc) is 2.66. The van der Waals surface area contributed by atoms with Crippen molar-refractivity contribution in [3.63, 3.8) is 0 Å². The fraction of sp³-hybridized carbons (Fsp3) is 0.600. The van der Waals surface area contributed by atoms with Crippen LogP contribution in [0, 0.1) is 12.3 Å². The van der Waals surface area contributed by atoms with Crippen molar-refractivity contribution in [2.24, 2.45) is 16.9 Å². The third-order valence-electron chi connectivity index (χ3n) is 3.81. The molecule has 1 aliphatic rings. The van der Waals surface area contributed by atoms with Gasteiger partial charge in [0, 0.05) is 12.0 Å². The van der Waals surface area contributed by atoms with Gasteiger partial charge in [0.1, 0.15) is 11.5 Å². The molecule has 6 heteroatoms. The zero-order chi connectivity index (χ0) is 15.8. The number of aryl methyl sites for hydroxylation is 1. The van der Waals surface area contributed by atoms with Gasteiger partial charge in [0.25, 0.3) is 0 Å². The van der Waals surface area contributed by atoms with Crippen molar-refractivity contribution in [2.75, 3.05) is 0 Å². The van der Waals surface area contributed by atoms with Crippen LogP contribution in [0.2, 0.25) is 0 Å². The van der Waals surface area contributed by atoms with E-state index in [0.29, 0.717) is 0 Å². The topological polar surface area (TPSA) is 111 Å². The predicted octanol–water partition coefficient (Wildman–Crippen LogP) is 0.920. The maximum Gasteiger partial charge on any atom is 0.237 e. The highest BCUT2D eigenvalue weighted by Crippen LogP contribution is 2.41. The summed E-state index contributed by atoms with van der Waals surface area (Å²) in [7, 11) is 0. The van der Waals surface area contributed by atoms with Crippen molar-refractivity contribution in [1.29, 1.82) is 0 Å². The van der Waals surface area contributed by atoms with Crippen LogP contribution in [0.3, 0.4) is 0 Å². The van der Waals surface area contributed by atoms with Crippen LogP contribution < -0.4 is 16.8 Å². The number of rotatable bonds is 4. The summed E-state index contributed by atoms with van der Waals surface area (Å²) in [6.45, 7) is 6.16. The number of nitrogens with two attached hydrogens (primary N) is 2. The predicted molar refractivity (Wildman–Crippen MR) is 78.2 cm³/mol. The Kier molecular flexibility index (Phi) is 4.09. The van der Waals surface area contributed by atoms with Gasteiger partial charge in [-0.2, -0.15) is 0 Å². The first-order valence-corrected chi connectivity index (χ1v) is 7.11. The van der Waals surface area contributed by atoms with Crippen molar-refractivity contribution in [3.8, 4) is 0 Å². The van der Waals surface area contributed by atoms with Gasteiger partial charge >= 0.3 is 0 Å². The van der Waals surface area contributed by atoms with Crippen LogP contribution in [0.15, 0.2) is 10.5 Å². The van der Waals surface area contributed by atoms with Crippen molar-refractivity contribution < 1.29 is 14.0 Å². The number of furan rings is 1. The highest BCUT2D eigenvalue weighted by Gasteiger charge is 2.36. The summed E-state index contributed by atoms with van der Waals surface area (Å²) >= 11 is 0. The molecule has 1 aliphatic carbocycles. The molecular weight excluding hydrogens is 270 g/mol. The molecule has 2 rings (SSSR count). The number of primary amides is 1. The average molecular weight is 293 g/mol. The lowest BCUT2D eigenvalue weighted by atomic mass is 9.74. The Morgan fingerprint density at radius 1 is 1.52 bits per heavy atom. The fourth-order valence-corrected chi connectivity index (χ4v) is 2.90. The fourth-order valence-electron chi connectivity index (χ4n) is 2.90. The van der Waals surface area contributed by atoms with Crippen LogP contribution in [0.25, 0.3) is 0 Å². The third kappa shape index (κ3) is 3.64. The van der Waals surface area contributed by atoms with Crippen LogP contribution in [-0.4, -0.2) is 17.9 Å². The molecule has 0 aromatic carbocycles. The van der Waals surface area contributed by atoms with Crippen molar-refractivity contribution >= 4 is 11.8 Å². The van der Waals surface area contributed by atoms with Crippen molar-refractivity contribution in [3.05, 3.63) is 23.2 Å². The van der Waals surface area contributed by atoms with Crippen molar-refractivity contribution in [2.45, 2.75) is 52.1 Å². The minimum absolute atomic E-state index is 0.0308. The molecule has 2 unspecified atom stereocenters. The molecule has 0 saturated heterocycles. The second-order valence-corrected chi connectivity index (χ2v) is 6.62. The molecule has 2 amide bonds. The van der Waals surface area contributed by atoms with E-state index >= 15 is 0 Å². The summed E-state index contributed by atoms with van der Waals surface area (Å²) in [5.41, 5.74) is 11.8. The Morgan fingerprint density at radius 3 is 2.81 bits per heavy atom. The van der Waals surface area contributed by atoms with Gasteiger partial charge in [-0.25, -0.2) is 0 Å². The lowest BCUT2D eigenvalue weighted by Gasteiger charge is -2.35. The van der Waals surface area contributed by atoms with E-state index in [0.717, 1.165) is 29.9 Å². The number of hydrogen-bond donors (Lipinski definition) is 3. The van der Waals surface area contributed by atoms with Gasteiger partial charge < -0.3 is 21.2 Å². The molecule has 2 atom stereocenters. The monoisotopic (exact) mass is 293 g/mol. The second kappa shape index (κ2) is 5.52. The van der Waals surface area contributed by atoms with Gasteiger partial charge in [-0.3, -0.25) is 9.59 Å². The SMILES string of the molecule is Cc1cc2c(o1)CC(C)(C)CC2NC(=O)C(N)CC(N)=O. The maximum atomic E-state index is 12.1. The Bertz CT molecular complexity index is 563. The third-order valence-corrected chi connectivity index (χ3v) is 3.81. The second-order valence-electron chi connectivity index (χ2n) is 6.62. The minimum atomic E-state index is -0.913. The molecule has 1 aromatic heterocycles. The number of amides is 2. The van der Waals surface area contributed by atoms with E-state index in [1.807, 2.05) is 13.0 Å². The smallest absolute Gasteiger partial charge is 0.237 e. The number of carbonyl (C=O) groups is 2. The maximum absolute atomic E-state index is 12.1. The van der Waals surface area contributed by atoms with E-state index in [2.05, 4.69) is 19.2 Å². The molecular formula is C15H23N3O3. The molecule has 21 heavy (non-hydrogen) atoms. The van der Waals surface area contributed by atoms with Crippen LogP contribution >= 0.6 is 0 Å². The molecule has 0 saturated carbocycles. The van der Waals surface area contributed by atoms with Gasteiger partial charge in [-0.15, -0.1) is 0 Å². The molecule has 1 heterocycles. The first kappa shape index (κ1) is 15.6. The highest BCUT2D eigenvalue weighted by molar-refractivity contribution is 5.87. The van der Waals surface area contributed by atoms with Crippen LogP contribution in [0.1, 0.15) is 49.8 Å². The molecule has 0 fully saturated rings. The molecule has 0 aliphatic heterocycles. The van der Waals surface area contributed by atoms with Gasteiger partial charge in [-0.05, 0) is 24.8 Å². The number of hydrogen-bond acceptors (Lipinski definition) is 4. The van der Waals surface area contributed by atoms with E-state index in [9.17, 15) is 9.59 Å². The van der Waals surface area contributed by atoms with E-state index in [1.54, 1.807) is 0 Å². The van der Waals surface area contributed by atoms with E-state index in [4.69, 9.17) is 15.9 Å². The molecule has 0 spiro atoms. The lowest BCUT2D eigenvalue weighted by Crippen LogP contribution is -2.46. The highest BCUT2D eigenvalue weighted by atomic mass is 16.3. The molecule has 0 bridgehead atoms. The van der Waals surface area contributed by atoms with Crippen molar-refractivity contribution in [1.82, 2.24) is 5.32 Å². The van der Waals surface area contributed by atoms with Crippen LogP contribution in [0.4, 0.5) is 0 Å². The summed E-state index contributed by atoms with van der Waals surface area (Å²) < 4.78 is 5.72. The van der Waals surface area contributed by atoms with Gasteiger partial charge in [-0.1, -0.05) is 13.8 Å². The molecule has 5 N–H and O–H groups in total. The first-order chi connectivity index (χ1) is 9.68. The Hall–Kier alpha value is -1.82. The molecule has 1 aromatic rings. The summed E-state index contributed by atoms with van der Waals surface area (Å²) in [5, 5.41) is 2.92. The lowest BCUT2D eigenvalue weighted by molar-refractivity contribution is -0.127. The van der Waals surface area contributed by atoms with Crippen LogP contribution in [-0.2, 0) is 16.0 Å². The number of nitrogens with one attached hydrogen (secondary N) is 1. The zero-order valence-corrected chi connectivity index (χ0v) is 12.7. The van der Waals surface area contributed by atoms with Gasteiger partial charge in [0.2, 0.25) is 11.8 Å². The largest absolute Gasteiger partial charge is 0.466 e. The first-order valence-electron chi connectivity index (χ1n) is 7.11. The molecule has 0 radical (unpaired) electrons. The molecule has 116 valence electrons. The summed E-state index contributed by atoms with van der Waals surface area (Å²) in [5.74, 6) is 0.804. The van der Waals surface area contributed by atoms with E-state index in [1.165, 1.54) is 0 Å². The quantitative estimate of drug-likeness (QED) is 0.766. The summed E-state index contributed by atoms with van der Waals surface area (Å²) in [4.78, 5) is 23.0. The summed E-state index contributed by atoms with van der Waals surface area (Å²) in [6, 6.07) is 0.895. The minimum Gasteiger partial charge on any atom is -0.466 e. The van der Waals surface area contributed by atoms with E-state index in [-0.39, 0.29) is 23.8 Å². The number of carbonyl (C=O) groups excluding carboxylic acids is 2. The summed E-state index contributed by atoms with van der Waals surface area (Å²) in [6.07, 6.45) is 1.49. The Morgan fingerprint density at radius 2 is 2.19 bits per heavy atom. The number of fused-ring (bicyclic) bond motifs is 1.